The number of anilines is 1. The van der Waals surface area contributed by atoms with E-state index in [2.05, 4.69) is 10.6 Å². The molecule has 0 aliphatic heterocycles. The number of carbonyl (C=O) groups is 3. The molecule has 0 spiro atoms. The van der Waals surface area contributed by atoms with Crippen molar-refractivity contribution in [2.75, 3.05) is 19.0 Å². The molecule has 2 atom stereocenters. The second-order valence-corrected chi connectivity index (χ2v) is 6.11. The number of nitrogens with one attached hydrogen (secondary N) is 2. The van der Waals surface area contributed by atoms with Crippen molar-refractivity contribution < 1.29 is 19.1 Å². The van der Waals surface area contributed by atoms with Gasteiger partial charge in [0, 0.05) is 6.54 Å². The number of benzene rings is 1. The number of hydrogen-bond acceptors (Lipinski definition) is 4. The lowest BCUT2D eigenvalue weighted by Gasteiger charge is -2.10. The predicted octanol–water partition coefficient (Wildman–Crippen LogP) is 1.82. The summed E-state index contributed by atoms with van der Waals surface area (Å²) in [6, 6.07) is 6.64. The van der Waals surface area contributed by atoms with Gasteiger partial charge >= 0.3 is 5.97 Å². The van der Waals surface area contributed by atoms with Gasteiger partial charge in [-0.2, -0.15) is 0 Å². The van der Waals surface area contributed by atoms with Crippen LogP contribution in [0.1, 0.15) is 30.6 Å². The average Bonchev–Trinajstić information content (AvgIpc) is 3.33. The van der Waals surface area contributed by atoms with Gasteiger partial charge in [0.25, 0.3) is 0 Å². The van der Waals surface area contributed by atoms with Crippen LogP contribution in [0.3, 0.4) is 0 Å². The first-order valence-corrected chi connectivity index (χ1v) is 7.70. The fourth-order valence-electron chi connectivity index (χ4n) is 2.32. The molecule has 1 fully saturated rings. The van der Waals surface area contributed by atoms with Crippen LogP contribution in [0, 0.1) is 17.8 Å². The summed E-state index contributed by atoms with van der Waals surface area (Å²) in [6.07, 6.45) is 0.538. The van der Waals surface area contributed by atoms with Crippen molar-refractivity contribution in [2.24, 2.45) is 17.8 Å². The molecule has 0 aromatic heterocycles. The van der Waals surface area contributed by atoms with Crippen molar-refractivity contribution in [2.45, 2.75) is 20.3 Å². The van der Waals surface area contributed by atoms with Crippen LogP contribution >= 0.6 is 0 Å². The zero-order valence-corrected chi connectivity index (χ0v) is 13.6. The highest BCUT2D eigenvalue weighted by molar-refractivity contribution is 6.04. The molecule has 0 radical (unpaired) electrons. The van der Waals surface area contributed by atoms with Gasteiger partial charge in [-0.1, -0.05) is 26.0 Å². The maximum Gasteiger partial charge on any atom is 0.339 e. The quantitative estimate of drug-likeness (QED) is 0.784. The summed E-state index contributed by atoms with van der Waals surface area (Å²) in [7, 11) is 1.29. The third kappa shape index (κ3) is 4.31. The first-order valence-electron chi connectivity index (χ1n) is 7.70. The number of ether oxygens (including phenoxy) is 1. The molecule has 0 saturated heterocycles. The lowest BCUT2D eigenvalue weighted by molar-refractivity contribution is -0.125. The molecule has 2 N–H and O–H groups in total. The second-order valence-electron chi connectivity index (χ2n) is 6.11. The molecule has 6 heteroatoms. The SMILES string of the molecule is COC(=O)c1ccccc1NC(=O)C1CC1C(=O)NCC(C)C. The highest BCUT2D eigenvalue weighted by atomic mass is 16.5. The standard InChI is InChI=1S/C17H22N2O4/c1-10(2)9-18-15(20)12-8-13(12)16(21)19-14-7-5-4-6-11(14)17(22)23-3/h4-7,10,12-13H,8-9H2,1-3H3,(H,18,20)(H,19,21). The second kappa shape index (κ2) is 7.26. The summed E-state index contributed by atoms with van der Waals surface area (Å²) in [4.78, 5) is 35.9. The van der Waals surface area contributed by atoms with Crippen LogP contribution in [-0.4, -0.2) is 31.4 Å². The Balaban J connectivity index is 1.94. The Bertz CT molecular complexity index is 612. The molecule has 1 aliphatic rings. The normalized spacial score (nSPS) is 19.1. The molecule has 1 aromatic carbocycles. The molecule has 2 rings (SSSR count). The fraction of sp³-hybridized carbons (Fsp3) is 0.471. The van der Waals surface area contributed by atoms with Crippen LogP contribution in [0.2, 0.25) is 0 Å². The first kappa shape index (κ1) is 17.0. The van der Waals surface area contributed by atoms with E-state index < -0.39 is 5.97 Å². The minimum Gasteiger partial charge on any atom is -0.465 e. The Morgan fingerprint density at radius 1 is 1.17 bits per heavy atom. The molecule has 1 aliphatic carbocycles. The number of methoxy groups -OCH3 is 1. The van der Waals surface area contributed by atoms with E-state index in [0.717, 1.165) is 0 Å². The van der Waals surface area contributed by atoms with Crippen LogP contribution in [0.5, 0.6) is 0 Å². The van der Waals surface area contributed by atoms with Gasteiger partial charge in [-0.3, -0.25) is 9.59 Å². The van der Waals surface area contributed by atoms with Gasteiger partial charge in [0.15, 0.2) is 0 Å². The predicted molar refractivity (Wildman–Crippen MR) is 85.9 cm³/mol. The van der Waals surface area contributed by atoms with Crippen molar-refractivity contribution in [3.8, 4) is 0 Å². The van der Waals surface area contributed by atoms with E-state index in [4.69, 9.17) is 4.74 Å². The molecule has 0 heterocycles. The smallest absolute Gasteiger partial charge is 0.339 e. The largest absolute Gasteiger partial charge is 0.465 e. The molecule has 0 bridgehead atoms. The molecule has 2 unspecified atom stereocenters. The maximum atomic E-state index is 12.2. The van der Waals surface area contributed by atoms with Gasteiger partial charge in [0.2, 0.25) is 11.8 Å². The summed E-state index contributed by atoms with van der Waals surface area (Å²) in [5.41, 5.74) is 0.697. The van der Waals surface area contributed by atoms with E-state index in [0.29, 0.717) is 30.1 Å². The molecule has 1 aromatic rings. The van der Waals surface area contributed by atoms with Crippen LogP contribution < -0.4 is 10.6 Å². The highest BCUT2D eigenvalue weighted by Gasteiger charge is 2.48. The number of carbonyl (C=O) groups excluding carboxylic acids is 3. The number of amides is 2. The first-order chi connectivity index (χ1) is 10.9. The van der Waals surface area contributed by atoms with E-state index >= 15 is 0 Å². The highest BCUT2D eigenvalue weighted by Crippen LogP contribution is 2.39. The topological polar surface area (TPSA) is 84.5 Å². The van der Waals surface area contributed by atoms with E-state index in [-0.39, 0.29) is 23.7 Å². The molecular formula is C17H22N2O4. The zero-order valence-electron chi connectivity index (χ0n) is 13.6. The van der Waals surface area contributed by atoms with Gasteiger partial charge < -0.3 is 15.4 Å². The Kier molecular flexibility index (Phi) is 5.36. The van der Waals surface area contributed by atoms with Gasteiger partial charge in [0.05, 0.1) is 30.2 Å². The minimum absolute atomic E-state index is 0.0832. The minimum atomic E-state index is -0.511. The fourth-order valence-corrected chi connectivity index (χ4v) is 2.32. The van der Waals surface area contributed by atoms with Gasteiger partial charge in [-0.25, -0.2) is 4.79 Å². The van der Waals surface area contributed by atoms with Gasteiger partial charge in [0.1, 0.15) is 0 Å². The summed E-state index contributed by atoms with van der Waals surface area (Å²) in [5.74, 6) is -1.09. The van der Waals surface area contributed by atoms with E-state index in [9.17, 15) is 14.4 Å². The van der Waals surface area contributed by atoms with E-state index in [1.54, 1.807) is 24.3 Å². The number of hydrogen-bond donors (Lipinski definition) is 2. The maximum absolute atomic E-state index is 12.2. The van der Waals surface area contributed by atoms with Crippen molar-refractivity contribution >= 4 is 23.5 Å². The molecule has 1 saturated carbocycles. The molecule has 124 valence electrons. The number of rotatable bonds is 6. The zero-order chi connectivity index (χ0) is 17.0. The van der Waals surface area contributed by atoms with E-state index in [1.165, 1.54) is 7.11 Å². The average molecular weight is 318 g/mol. The third-order valence-corrected chi connectivity index (χ3v) is 3.74. The Morgan fingerprint density at radius 2 is 1.83 bits per heavy atom. The lowest BCUT2D eigenvalue weighted by atomic mass is 10.1. The van der Waals surface area contributed by atoms with Gasteiger partial charge in [-0.15, -0.1) is 0 Å². The summed E-state index contributed by atoms with van der Waals surface area (Å²) in [5, 5.41) is 5.56. The molecule has 6 nitrogen and oxygen atoms in total. The monoisotopic (exact) mass is 318 g/mol. The summed E-state index contributed by atoms with van der Waals surface area (Å²) in [6.45, 7) is 4.64. The van der Waals surface area contributed by atoms with Crippen molar-refractivity contribution in [1.29, 1.82) is 0 Å². The number of para-hydroxylation sites is 1. The Hall–Kier alpha value is -2.37. The van der Waals surface area contributed by atoms with Crippen LogP contribution in [0.25, 0.3) is 0 Å². The lowest BCUT2D eigenvalue weighted by Crippen LogP contribution is -2.30. The van der Waals surface area contributed by atoms with Crippen molar-refractivity contribution in [3.05, 3.63) is 29.8 Å². The van der Waals surface area contributed by atoms with Crippen LogP contribution in [0.15, 0.2) is 24.3 Å². The van der Waals surface area contributed by atoms with Gasteiger partial charge in [-0.05, 0) is 24.5 Å². The van der Waals surface area contributed by atoms with Crippen LogP contribution in [0.4, 0.5) is 5.69 Å². The molecule has 2 amide bonds. The van der Waals surface area contributed by atoms with Crippen molar-refractivity contribution in [3.63, 3.8) is 0 Å². The summed E-state index contributed by atoms with van der Waals surface area (Å²) >= 11 is 0. The van der Waals surface area contributed by atoms with Crippen molar-refractivity contribution in [1.82, 2.24) is 5.32 Å². The Labute approximate surface area is 135 Å². The van der Waals surface area contributed by atoms with E-state index in [1.807, 2.05) is 13.8 Å². The Morgan fingerprint density at radius 3 is 2.48 bits per heavy atom. The molecule has 23 heavy (non-hydrogen) atoms. The third-order valence-electron chi connectivity index (χ3n) is 3.74. The number of esters is 1. The van der Waals surface area contributed by atoms with Crippen LogP contribution in [-0.2, 0) is 14.3 Å². The summed E-state index contributed by atoms with van der Waals surface area (Å²) < 4.78 is 4.69. The molecular weight excluding hydrogens is 296 g/mol.